The van der Waals surface area contributed by atoms with Crippen molar-refractivity contribution in [3.63, 3.8) is 0 Å². The van der Waals surface area contributed by atoms with Gasteiger partial charge in [-0.25, -0.2) is 4.98 Å². The maximum absolute atomic E-state index is 12.9. The van der Waals surface area contributed by atoms with Gasteiger partial charge in [0.05, 0.1) is 23.6 Å². The third kappa shape index (κ3) is 4.95. The standard InChI is InChI=1S/C19H18F3N5O/c1-12(11-28)24-18-26-16(15-7-2-3-8-23-15)10-17(27-18)25-14-6-4-5-13(9-14)19(20,21)22/h2-10,12,28H,11H2,1H3,(H2,24,25,26,27)/t12-/m1/s1. The number of alkyl halides is 3. The van der Waals surface area contributed by atoms with E-state index >= 15 is 0 Å². The zero-order valence-electron chi connectivity index (χ0n) is 14.9. The summed E-state index contributed by atoms with van der Waals surface area (Å²) in [5, 5.41) is 15.1. The molecule has 146 valence electrons. The Morgan fingerprint density at radius 3 is 2.54 bits per heavy atom. The van der Waals surface area contributed by atoms with Gasteiger partial charge < -0.3 is 15.7 Å². The molecule has 0 aliphatic heterocycles. The maximum Gasteiger partial charge on any atom is 0.416 e. The summed E-state index contributed by atoms with van der Waals surface area (Å²) in [6.07, 6.45) is -2.83. The third-order valence-electron chi connectivity index (χ3n) is 3.77. The summed E-state index contributed by atoms with van der Waals surface area (Å²) < 4.78 is 38.8. The minimum atomic E-state index is -4.44. The number of pyridine rings is 1. The van der Waals surface area contributed by atoms with E-state index in [1.165, 1.54) is 12.1 Å². The van der Waals surface area contributed by atoms with Crippen molar-refractivity contribution in [3.05, 3.63) is 60.3 Å². The van der Waals surface area contributed by atoms with E-state index in [9.17, 15) is 18.3 Å². The van der Waals surface area contributed by atoms with Gasteiger partial charge >= 0.3 is 6.18 Å². The van der Waals surface area contributed by atoms with Crippen molar-refractivity contribution in [2.24, 2.45) is 0 Å². The minimum Gasteiger partial charge on any atom is -0.394 e. The first-order valence-corrected chi connectivity index (χ1v) is 8.47. The highest BCUT2D eigenvalue weighted by Crippen LogP contribution is 2.31. The molecule has 0 unspecified atom stereocenters. The van der Waals surface area contributed by atoms with E-state index in [-0.39, 0.29) is 24.3 Å². The van der Waals surface area contributed by atoms with Gasteiger partial charge in [0.25, 0.3) is 0 Å². The van der Waals surface area contributed by atoms with Crippen molar-refractivity contribution < 1.29 is 18.3 Å². The smallest absolute Gasteiger partial charge is 0.394 e. The van der Waals surface area contributed by atoms with Crippen LogP contribution in [0.1, 0.15) is 12.5 Å². The van der Waals surface area contributed by atoms with Crippen molar-refractivity contribution in [1.29, 1.82) is 0 Å². The lowest BCUT2D eigenvalue weighted by atomic mass is 10.2. The highest BCUT2D eigenvalue weighted by Gasteiger charge is 2.30. The van der Waals surface area contributed by atoms with E-state index in [0.717, 1.165) is 12.1 Å². The van der Waals surface area contributed by atoms with Crippen LogP contribution in [0.5, 0.6) is 0 Å². The van der Waals surface area contributed by atoms with E-state index in [2.05, 4.69) is 25.6 Å². The molecule has 0 radical (unpaired) electrons. The second kappa shape index (κ2) is 8.22. The predicted molar refractivity (Wildman–Crippen MR) is 100 cm³/mol. The molecular weight excluding hydrogens is 371 g/mol. The second-order valence-electron chi connectivity index (χ2n) is 6.11. The van der Waals surface area contributed by atoms with Crippen molar-refractivity contribution in [1.82, 2.24) is 15.0 Å². The molecule has 0 saturated heterocycles. The first-order valence-electron chi connectivity index (χ1n) is 8.47. The normalized spacial score (nSPS) is 12.5. The molecule has 3 rings (SSSR count). The number of nitrogens with zero attached hydrogens (tertiary/aromatic N) is 3. The number of hydrogen-bond donors (Lipinski definition) is 3. The molecule has 1 atom stereocenters. The summed E-state index contributed by atoms with van der Waals surface area (Å²) in [5.41, 5.74) is 0.541. The van der Waals surface area contributed by atoms with Crippen molar-refractivity contribution in [3.8, 4) is 11.4 Å². The third-order valence-corrected chi connectivity index (χ3v) is 3.77. The fourth-order valence-corrected chi connectivity index (χ4v) is 2.41. The zero-order chi connectivity index (χ0) is 20.1. The number of nitrogens with one attached hydrogen (secondary N) is 2. The summed E-state index contributed by atoms with van der Waals surface area (Å²) in [6.45, 7) is 1.62. The molecule has 0 saturated carbocycles. The van der Waals surface area contributed by atoms with Crippen LogP contribution in [0.15, 0.2) is 54.7 Å². The lowest BCUT2D eigenvalue weighted by Gasteiger charge is -2.14. The first kappa shape index (κ1) is 19.6. The molecule has 0 amide bonds. The average molecular weight is 389 g/mol. The number of halogens is 3. The molecule has 6 nitrogen and oxygen atoms in total. The van der Waals surface area contributed by atoms with Gasteiger partial charge in [0, 0.05) is 24.0 Å². The Hall–Kier alpha value is -3.20. The van der Waals surface area contributed by atoms with Crippen LogP contribution in [0.25, 0.3) is 11.4 Å². The van der Waals surface area contributed by atoms with Gasteiger partial charge in [0.1, 0.15) is 5.82 Å². The summed E-state index contributed by atoms with van der Waals surface area (Å²) in [6, 6.07) is 11.5. The molecule has 3 aromatic rings. The van der Waals surface area contributed by atoms with E-state index < -0.39 is 11.7 Å². The van der Waals surface area contributed by atoms with Gasteiger partial charge in [-0.2, -0.15) is 18.2 Å². The molecular formula is C19H18F3N5O. The van der Waals surface area contributed by atoms with Crippen molar-refractivity contribution >= 4 is 17.5 Å². The molecule has 28 heavy (non-hydrogen) atoms. The number of rotatable bonds is 6. The summed E-state index contributed by atoms with van der Waals surface area (Å²) in [5.74, 6) is 0.516. The van der Waals surface area contributed by atoms with E-state index in [4.69, 9.17) is 0 Å². The number of aliphatic hydroxyl groups is 1. The fraction of sp³-hybridized carbons (Fsp3) is 0.211. The summed E-state index contributed by atoms with van der Waals surface area (Å²) in [7, 11) is 0. The number of aliphatic hydroxyl groups excluding tert-OH is 1. The summed E-state index contributed by atoms with van der Waals surface area (Å²) in [4.78, 5) is 12.9. The molecule has 0 fully saturated rings. The number of anilines is 3. The SMILES string of the molecule is C[C@H](CO)Nc1nc(Nc2cccc(C(F)(F)F)c2)cc(-c2ccccn2)n1. The molecule has 1 aromatic carbocycles. The lowest BCUT2D eigenvalue weighted by molar-refractivity contribution is -0.137. The van der Waals surface area contributed by atoms with Gasteiger partial charge in [-0.05, 0) is 37.3 Å². The van der Waals surface area contributed by atoms with Gasteiger partial charge in [-0.3, -0.25) is 4.98 Å². The molecule has 0 aliphatic rings. The Kier molecular flexibility index (Phi) is 5.74. The average Bonchev–Trinajstić information content (AvgIpc) is 2.68. The van der Waals surface area contributed by atoms with Gasteiger partial charge in [0.15, 0.2) is 0 Å². The van der Waals surface area contributed by atoms with Crippen LogP contribution in [-0.4, -0.2) is 32.7 Å². The minimum absolute atomic E-state index is 0.131. The molecule has 9 heteroatoms. The molecule has 3 N–H and O–H groups in total. The molecule has 2 heterocycles. The van der Waals surface area contributed by atoms with Crippen LogP contribution in [0.2, 0.25) is 0 Å². The Bertz CT molecular complexity index is 934. The second-order valence-corrected chi connectivity index (χ2v) is 6.11. The fourth-order valence-electron chi connectivity index (χ4n) is 2.41. The van der Waals surface area contributed by atoms with E-state index in [1.807, 2.05) is 0 Å². The molecule has 2 aromatic heterocycles. The van der Waals surface area contributed by atoms with Gasteiger partial charge in [-0.1, -0.05) is 12.1 Å². The Morgan fingerprint density at radius 1 is 1.04 bits per heavy atom. The van der Waals surface area contributed by atoms with E-state index in [0.29, 0.717) is 17.2 Å². The van der Waals surface area contributed by atoms with Crippen LogP contribution in [0.3, 0.4) is 0 Å². The lowest BCUT2D eigenvalue weighted by Crippen LogP contribution is -2.21. The Morgan fingerprint density at radius 2 is 1.86 bits per heavy atom. The largest absolute Gasteiger partial charge is 0.416 e. The van der Waals surface area contributed by atoms with Crippen LogP contribution in [0, 0.1) is 0 Å². The Labute approximate surface area is 159 Å². The monoisotopic (exact) mass is 389 g/mol. The van der Waals surface area contributed by atoms with Crippen molar-refractivity contribution in [2.45, 2.75) is 19.1 Å². The van der Waals surface area contributed by atoms with Crippen LogP contribution in [-0.2, 0) is 6.18 Å². The zero-order valence-corrected chi connectivity index (χ0v) is 14.9. The summed E-state index contributed by atoms with van der Waals surface area (Å²) >= 11 is 0. The van der Waals surface area contributed by atoms with Crippen LogP contribution in [0.4, 0.5) is 30.6 Å². The number of aromatic nitrogens is 3. The quantitative estimate of drug-likeness (QED) is 0.589. The number of benzene rings is 1. The number of hydrogen-bond acceptors (Lipinski definition) is 6. The van der Waals surface area contributed by atoms with E-state index in [1.54, 1.807) is 37.4 Å². The molecule has 0 spiro atoms. The van der Waals surface area contributed by atoms with Gasteiger partial charge in [-0.15, -0.1) is 0 Å². The van der Waals surface area contributed by atoms with Crippen molar-refractivity contribution in [2.75, 3.05) is 17.2 Å². The molecule has 0 bridgehead atoms. The van der Waals surface area contributed by atoms with Gasteiger partial charge in [0.2, 0.25) is 5.95 Å². The first-order chi connectivity index (χ1) is 13.3. The predicted octanol–water partition coefficient (Wildman–Crippen LogP) is 4.09. The highest BCUT2D eigenvalue weighted by molar-refractivity contribution is 5.65. The topological polar surface area (TPSA) is 83.0 Å². The van der Waals surface area contributed by atoms with Crippen LogP contribution >= 0.6 is 0 Å². The van der Waals surface area contributed by atoms with Crippen LogP contribution < -0.4 is 10.6 Å². The maximum atomic E-state index is 12.9. The Balaban J connectivity index is 1.96. The highest BCUT2D eigenvalue weighted by atomic mass is 19.4. The molecule has 0 aliphatic carbocycles.